The quantitative estimate of drug-likeness (QED) is 0.476. The van der Waals surface area contributed by atoms with E-state index in [-0.39, 0.29) is 11.2 Å². The number of hydrogen-bond acceptors (Lipinski definition) is 3. The highest BCUT2D eigenvalue weighted by Gasteiger charge is 2.35. The normalized spacial score (nSPS) is 19.0. The molecule has 2 aromatic carbocycles. The number of benzene rings is 2. The maximum atomic E-state index is 13.5. The molecule has 0 radical (unpaired) electrons. The summed E-state index contributed by atoms with van der Waals surface area (Å²) in [7, 11) is 2.17. The summed E-state index contributed by atoms with van der Waals surface area (Å²) in [6.07, 6.45) is 7.43. The van der Waals surface area contributed by atoms with Gasteiger partial charge in [-0.3, -0.25) is 4.98 Å². The first-order valence-corrected chi connectivity index (χ1v) is 11.5. The second-order valence-electron chi connectivity index (χ2n) is 9.42. The van der Waals surface area contributed by atoms with E-state index in [0.717, 1.165) is 43.8 Å². The van der Waals surface area contributed by atoms with Crippen LogP contribution in [-0.2, 0) is 16.6 Å². The minimum absolute atomic E-state index is 0.0314. The summed E-state index contributed by atoms with van der Waals surface area (Å²) in [4.78, 5) is 7.02. The number of nitrogens with zero attached hydrogens (tertiary/aromatic N) is 2. The molecule has 4 heteroatoms. The van der Waals surface area contributed by atoms with Crippen molar-refractivity contribution in [1.82, 2.24) is 9.88 Å². The van der Waals surface area contributed by atoms with Gasteiger partial charge >= 0.3 is 0 Å². The smallest absolute Gasteiger partial charge is 0.123 e. The molecule has 162 valence electrons. The Balaban J connectivity index is 1.30. The zero-order valence-electron chi connectivity index (χ0n) is 18.3. The fourth-order valence-corrected chi connectivity index (χ4v) is 4.95. The highest BCUT2D eigenvalue weighted by atomic mass is 19.1. The number of hydrogen-bond donors (Lipinski definition) is 0. The van der Waals surface area contributed by atoms with E-state index in [4.69, 9.17) is 4.74 Å². The van der Waals surface area contributed by atoms with Gasteiger partial charge in [0.15, 0.2) is 0 Å². The molecule has 0 unspecified atom stereocenters. The number of piperidine rings is 1. The van der Waals surface area contributed by atoms with E-state index in [2.05, 4.69) is 35.1 Å². The maximum absolute atomic E-state index is 13.5. The molecule has 2 aliphatic rings. The molecule has 31 heavy (non-hydrogen) atoms. The number of aromatic nitrogens is 1. The van der Waals surface area contributed by atoms with Crippen LogP contribution in [0.5, 0.6) is 0 Å². The van der Waals surface area contributed by atoms with Gasteiger partial charge in [-0.15, -0.1) is 0 Å². The van der Waals surface area contributed by atoms with Gasteiger partial charge in [0.1, 0.15) is 5.82 Å². The molecule has 5 rings (SSSR count). The second-order valence-corrected chi connectivity index (χ2v) is 9.42. The van der Waals surface area contributed by atoms with Gasteiger partial charge in [0.25, 0.3) is 0 Å². The summed E-state index contributed by atoms with van der Waals surface area (Å²) in [6.45, 7) is 3.44. The van der Waals surface area contributed by atoms with Crippen LogP contribution in [0.4, 0.5) is 4.39 Å². The average molecular weight is 419 g/mol. The molecule has 0 atom stereocenters. The zero-order valence-corrected chi connectivity index (χ0v) is 18.3. The van der Waals surface area contributed by atoms with E-state index in [9.17, 15) is 4.39 Å². The van der Waals surface area contributed by atoms with E-state index in [1.165, 1.54) is 34.9 Å². The molecule has 1 aromatic heterocycles. The van der Waals surface area contributed by atoms with Crippen LogP contribution in [0, 0.1) is 5.82 Å². The van der Waals surface area contributed by atoms with E-state index >= 15 is 0 Å². The lowest BCUT2D eigenvalue weighted by Gasteiger charge is -2.41. The van der Waals surface area contributed by atoms with Crippen molar-refractivity contribution in [1.29, 1.82) is 0 Å². The molecule has 2 heterocycles. The van der Waals surface area contributed by atoms with Crippen LogP contribution in [0.15, 0.2) is 54.7 Å². The fraction of sp³-hybridized carbons (Fsp3) is 0.444. The largest absolute Gasteiger partial charge is 0.380 e. The Morgan fingerprint density at radius 2 is 1.87 bits per heavy atom. The van der Waals surface area contributed by atoms with Gasteiger partial charge in [-0.25, -0.2) is 4.39 Å². The minimum Gasteiger partial charge on any atom is -0.380 e. The number of likely N-dealkylation sites (tertiary alicyclic amines) is 1. The third-order valence-electron chi connectivity index (χ3n) is 7.15. The first-order valence-electron chi connectivity index (χ1n) is 11.5. The molecule has 3 nitrogen and oxygen atoms in total. The summed E-state index contributed by atoms with van der Waals surface area (Å²) in [5.74, 6) is 0.549. The summed E-state index contributed by atoms with van der Waals surface area (Å²) in [5, 5.41) is 1.24. The van der Waals surface area contributed by atoms with Gasteiger partial charge in [-0.05, 0) is 99.1 Å². The van der Waals surface area contributed by atoms with Crippen LogP contribution in [-0.4, -0.2) is 43.2 Å². The molecular weight excluding hydrogens is 387 g/mol. The van der Waals surface area contributed by atoms with Crippen LogP contribution in [0.2, 0.25) is 0 Å². The molecule has 1 aliphatic heterocycles. The van der Waals surface area contributed by atoms with Gasteiger partial charge in [-0.1, -0.05) is 24.3 Å². The average Bonchev–Trinajstić information content (AvgIpc) is 3.64. The molecule has 3 aromatic rings. The van der Waals surface area contributed by atoms with Gasteiger partial charge in [0.2, 0.25) is 0 Å². The van der Waals surface area contributed by atoms with Crippen molar-refractivity contribution in [3.8, 4) is 0 Å². The Labute approximate surface area is 184 Å². The van der Waals surface area contributed by atoms with Crippen molar-refractivity contribution in [2.75, 3.05) is 33.4 Å². The van der Waals surface area contributed by atoms with Crippen molar-refractivity contribution in [3.05, 3.63) is 77.2 Å². The molecular formula is C27H31FN2O. The molecule has 1 aliphatic carbocycles. The molecule has 1 saturated heterocycles. The van der Waals surface area contributed by atoms with E-state index in [0.29, 0.717) is 13.2 Å². The first kappa shape index (κ1) is 20.6. The van der Waals surface area contributed by atoms with Gasteiger partial charge in [0, 0.05) is 17.0 Å². The Kier molecular flexibility index (Phi) is 5.77. The van der Waals surface area contributed by atoms with E-state index < -0.39 is 0 Å². The predicted molar refractivity (Wildman–Crippen MR) is 123 cm³/mol. The standard InChI is InChI=1S/C27H31FN2O/c1-30-14-11-27(12-15-30,24-6-8-25(28)9-7-24)19-31-16-10-22-18-23(20-4-5-20)17-21-3-2-13-29-26(21)22/h2-3,6-9,13,17-18,20H,4-5,10-12,14-16,19H2,1H3. The third kappa shape index (κ3) is 4.51. The maximum Gasteiger partial charge on any atom is 0.123 e. The first-order chi connectivity index (χ1) is 15.1. The SMILES string of the molecule is CN1CCC(COCCc2cc(C3CC3)cc3cccnc23)(c2ccc(F)cc2)CC1. The van der Waals surface area contributed by atoms with Crippen LogP contribution in [0.3, 0.4) is 0 Å². The Bertz CT molecular complexity index is 1040. The highest BCUT2D eigenvalue weighted by molar-refractivity contribution is 5.82. The number of halogens is 1. The third-order valence-corrected chi connectivity index (χ3v) is 7.15. The van der Waals surface area contributed by atoms with Gasteiger partial charge < -0.3 is 9.64 Å². The molecule has 0 bridgehead atoms. The van der Waals surface area contributed by atoms with Crippen LogP contribution in [0.1, 0.15) is 48.3 Å². The van der Waals surface area contributed by atoms with E-state index in [1.807, 2.05) is 24.4 Å². The zero-order chi connectivity index (χ0) is 21.3. The van der Waals surface area contributed by atoms with Gasteiger partial charge in [-0.2, -0.15) is 0 Å². The lowest BCUT2D eigenvalue weighted by molar-refractivity contribution is 0.0513. The molecule has 0 N–H and O–H groups in total. The fourth-order valence-electron chi connectivity index (χ4n) is 4.95. The van der Waals surface area contributed by atoms with Crippen molar-refractivity contribution in [2.45, 2.75) is 43.4 Å². The Morgan fingerprint density at radius 1 is 1.10 bits per heavy atom. The number of ether oxygens (including phenoxy) is 1. The van der Waals surface area contributed by atoms with Crippen LogP contribution >= 0.6 is 0 Å². The Hall–Kier alpha value is -2.30. The number of fused-ring (bicyclic) bond motifs is 1. The van der Waals surface area contributed by atoms with Crippen molar-refractivity contribution in [2.24, 2.45) is 0 Å². The summed E-state index contributed by atoms with van der Waals surface area (Å²) in [6, 6.07) is 15.9. The van der Waals surface area contributed by atoms with Crippen LogP contribution < -0.4 is 0 Å². The molecule has 1 saturated carbocycles. The second kappa shape index (κ2) is 8.68. The molecule has 0 spiro atoms. The topological polar surface area (TPSA) is 25.4 Å². The summed E-state index contributed by atoms with van der Waals surface area (Å²) >= 11 is 0. The highest BCUT2D eigenvalue weighted by Crippen LogP contribution is 2.41. The molecule has 0 amide bonds. The minimum atomic E-state index is -0.178. The number of rotatable bonds is 7. The summed E-state index contributed by atoms with van der Waals surface area (Å²) < 4.78 is 19.8. The van der Waals surface area contributed by atoms with Crippen molar-refractivity contribution >= 4 is 10.9 Å². The lowest BCUT2D eigenvalue weighted by atomic mass is 9.73. The number of pyridine rings is 1. The molecule has 2 fully saturated rings. The van der Waals surface area contributed by atoms with Crippen LogP contribution in [0.25, 0.3) is 10.9 Å². The summed E-state index contributed by atoms with van der Waals surface area (Å²) in [5.41, 5.74) is 5.01. The van der Waals surface area contributed by atoms with Crippen molar-refractivity contribution in [3.63, 3.8) is 0 Å². The Morgan fingerprint density at radius 3 is 2.61 bits per heavy atom. The van der Waals surface area contributed by atoms with Crippen molar-refractivity contribution < 1.29 is 9.13 Å². The lowest BCUT2D eigenvalue weighted by Crippen LogP contribution is -2.44. The monoisotopic (exact) mass is 418 g/mol. The van der Waals surface area contributed by atoms with Gasteiger partial charge in [0.05, 0.1) is 18.7 Å². The predicted octanol–water partition coefficient (Wildman–Crippen LogP) is 5.47. The van der Waals surface area contributed by atoms with E-state index in [1.54, 1.807) is 12.1 Å².